The van der Waals surface area contributed by atoms with Crippen LogP contribution in [0.4, 0.5) is 13.2 Å². The van der Waals surface area contributed by atoms with E-state index in [-0.39, 0.29) is 13.2 Å². The fraction of sp³-hybridized carbons (Fsp3) is 1.00. The van der Waals surface area contributed by atoms with Gasteiger partial charge in [0.25, 0.3) is 0 Å². The van der Waals surface area contributed by atoms with Gasteiger partial charge in [-0.15, -0.1) is 0 Å². The molecule has 1 aliphatic rings. The Hall–Kier alpha value is -0.460. The molecule has 0 aliphatic carbocycles. The van der Waals surface area contributed by atoms with Crippen LogP contribution in [0.3, 0.4) is 0 Å². The Bertz CT molecular complexity index is 483. The second-order valence-electron chi connectivity index (χ2n) is 5.64. The molecule has 7 nitrogen and oxygen atoms in total. The Morgan fingerprint density at radius 2 is 1.60 bits per heavy atom. The van der Waals surface area contributed by atoms with Gasteiger partial charge in [-0.3, -0.25) is 4.18 Å². The standard InChI is InChI=1S/C14H25F3O7S/c1-3-5-7-21-11-10(24-25(19,20)14(15,16)17)9-23-13(18)12(11)22-8-6-4-2/h10-13,18H,3-9H2,1-2H3/t10-,11+,12-,13+/m0/s1. The number of hydrogen-bond acceptors (Lipinski definition) is 7. The lowest BCUT2D eigenvalue weighted by molar-refractivity contribution is -0.270. The summed E-state index contributed by atoms with van der Waals surface area (Å²) >= 11 is 0. The first-order valence-electron chi connectivity index (χ1n) is 8.16. The van der Waals surface area contributed by atoms with Crippen LogP contribution < -0.4 is 0 Å². The summed E-state index contributed by atoms with van der Waals surface area (Å²) in [5, 5.41) is 9.92. The molecule has 0 bridgehead atoms. The lowest BCUT2D eigenvalue weighted by Crippen LogP contribution is -2.57. The summed E-state index contributed by atoms with van der Waals surface area (Å²) in [5.74, 6) is 0. The molecule has 0 aromatic heterocycles. The number of alkyl halides is 3. The van der Waals surface area contributed by atoms with Crippen molar-refractivity contribution in [2.75, 3.05) is 19.8 Å². The maximum Gasteiger partial charge on any atom is 0.523 e. The van der Waals surface area contributed by atoms with Crippen molar-refractivity contribution < 1.29 is 45.1 Å². The van der Waals surface area contributed by atoms with Crippen LogP contribution in [0.15, 0.2) is 0 Å². The summed E-state index contributed by atoms with van der Waals surface area (Å²) in [6.07, 6.45) is -2.55. The molecular formula is C14H25F3O7S. The van der Waals surface area contributed by atoms with Crippen LogP contribution in [0.1, 0.15) is 39.5 Å². The highest BCUT2D eigenvalue weighted by atomic mass is 32.2. The van der Waals surface area contributed by atoms with Gasteiger partial charge in [0.15, 0.2) is 6.29 Å². The number of ether oxygens (including phenoxy) is 3. The van der Waals surface area contributed by atoms with Gasteiger partial charge in [0, 0.05) is 13.2 Å². The van der Waals surface area contributed by atoms with E-state index in [0.29, 0.717) is 12.8 Å². The summed E-state index contributed by atoms with van der Waals surface area (Å²) in [6.45, 7) is 3.61. The molecule has 1 heterocycles. The highest BCUT2D eigenvalue weighted by Gasteiger charge is 2.52. The summed E-state index contributed by atoms with van der Waals surface area (Å²) in [6, 6.07) is 0. The van der Waals surface area contributed by atoms with Crippen molar-refractivity contribution in [1.29, 1.82) is 0 Å². The molecule has 1 fully saturated rings. The monoisotopic (exact) mass is 394 g/mol. The second kappa shape index (κ2) is 10.0. The molecule has 1 aliphatic heterocycles. The van der Waals surface area contributed by atoms with E-state index >= 15 is 0 Å². The average molecular weight is 394 g/mol. The first-order chi connectivity index (χ1) is 11.6. The molecule has 0 aromatic rings. The van der Waals surface area contributed by atoms with Crippen molar-refractivity contribution in [3.05, 3.63) is 0 Å². The van der Waals surface area contributed by atoms with E-state index in [2.05, 4.69) is 4.18 Å². The minimum Gasteiger partial charge on any atom is -0.372 e. The lowest BCUT2D eigenvalue weighted by Gasteiger charge is -2.39. The molecule has 0 spiro atoms. The van der Waals surface area contributed by atoms with E-state index in [1.54, 1.807) is 0 Å². The second-order valence-corrected chi connectivity index (χ2v) is 7.20. The van der Waals surface area contributed by atoms with Crippen LogP contribution in [0, 0.1) is 0 Å². The van der Waals surface area contributed by atoms with Crippen LogP contribution in [-0.2, 0) is 28.5 Å². The predicted molar refractivity (Wildman–Crippen MR) is 81.1 cm³/mol. The number of unbranched alkanes of at least 4 members (excludes halogenated alkanes) is 2. The van der Waals surface area contributed by atoms with Crippen molar-refractivity contribution in [2.24, 2.45) is 0 Å². The molecule has 0 unspecified atom stereocenters. The van der Waals surface area contributed by atoms with Gasteiger partial charge in [-0.2, -0.15) is 21.6 Å². The fourth-order valence-corrected chi connectivity index (χ4v) is 2.76. The van der Waals surface area contributed by atoms with Crippen molar-refractivity contribution in [1.82, 2.24) is 0 Å². The third-order valence-corrected chi connectivity index (χ3v) is 4.62. The molecule has 1 saturated heterocycles. The zero-order valence-corrected chi connectivity index (χ0v) is 15.0. The highest BCUT2D eigenvalue weighted by Crippen LogP contribution is 2.30. The zero-order chi connectivity index (χ0) is 19.1. The van der Waals surface area contributed by atoms with Crippen molar-refractivity contribution in [3.8, 4) is 0 Å². The normalized spacial score (nSPS) is 28.2. The van der Waals surface area contributed by atoms with Gasteiger partial charge in [0.05, 0.1) is 6.61 Å². The van der Waals surface area contributed by atoms with E-state index in [1.807, 2.05) is 13.8 Å². The molecule has 1 rings (SSSR count). The first-order valence-corrected chi connectivity index (χ1v) is 9.57. The molecule has 0 radical (unpaired) electrons. The van der Waals surface area contributed by atoms with Crippen LogP contribution in [0.5, 0.6) is 0 Å². The summed E-state index contributed by atoms with van der Waals surface area (Å²) < 4.78 is 80.4. The maximum atomic E-state index is 12.6. The summed E-state index contributed by atoms with van der Waals surface area (Å²) in [5.41, 5.74) is -5.56. The van der Waals surface area contributed by atoms with Crippen LogP contribution in [0.25, 0.3) is 0 Å². The van der Waals surface area contributed by atoms with Crippen LogP contribution in [-0.4, -0.2) is 63.5 Å². The predicted octanol–water partition coefficient (Wildman–Crippen LogP) is 1.94. The highest BCUT2D eigenvalue weighted by molar-refractivity contribution is 7.87. The molecule has 1 N–H and O–H groups in total. The van der Waals surface area contributed by atoms with Gasteiger partial charge in [0.2, 0.25) is 0 Å². The minimum atomic E-state index is -5.82. The lowest BCUT2D eigenvalue weighted by atomic mass is 10.0. The molecule has 4 atom stereocenters. The Balaban J connectivity index is 2.91. The Morgan fingerprint density at radius 1 is 1.08 bits per heavy atom. The number of aliphatic hydroxyl groups is 1. The minimum absolute atomic E-state index is 0.160. The average Bonchev–Trinajstić information content (AvgIpc) is 2.51. The van der Waals surface area contributed by atoms with E-state index < -0.39 is 46.8 Å². The number of halogens is 3. The van der Waals surface area contributed by atoms with E-state index in [9.17, 15) is 26.7 Å². The number of rotatable bonds is 10. The Kier molecular flexibility index (Phi) is 9.05. The summed E-state index contributed by atoms with van der Waals surface area (Å²) in [4.78, 5) is 0. The van der Waals surface area contributed by atoms with Gasteiger partial charge in [-0.1, -0.05) is 26.7 Å². The zero-order valence-electron chi connectivity index (χ0n) is 14.2. The van der Waals surface area contributed by atoms with Crippen molar-refractivity contribution >= 4 is 10.1 Å². The largest absolute Gasteiger partial charge is 0.523 e. The van der Waals surface area contributed by atoms with E-state index in [0.717, 1.165) is 12.8 Å². The topological polar surface area (TPSA) is 91.3 Å². The smallest absolute Gasteiger partial charge is 0.372 e. The van der Waals surface area contributed by atoms with Crippen molar-refractivity contribution in [3.63, 3.8) is 0 Å². The van der Waals surface area contributed by atoms with Crippen molar-refractivity contribution in [2.45, 2.75) is 69.6 Å². The number of hydrogen-bond donors (Lipinski definition) is 1. The first kappa shape index (κ1) is 22.6. The fourth-order valence-electron chi connectivity index (χ4n) is 2.16. The van der Waals surface area contributed by atoms with E-state index in [4.69, 9.17) is 14.2 Å². The molecule has 0 amide bonds. The third-order valence-electron chi connectivity index (χ3n) is 3.55. The van der Waals surface area contributed by atoms with Gasteiger partial charge in [0.1, 0.15) is 18.3 Å². The van der Waals surface area contributed by atoms with Crippen LogP contribution >= 0.6 is 0 Å². The van der Waals surface area contributed by atoms with E-state index in [1.165, 1.54) is 0 Å². The Labute approximate surface area is 145 Å². The SMILES string of the molecule is CCCCO[C@H]1[C@H](OCCCC)[C@@H](OS(=O)(=O)C(F)(F)F)CO[C@H]1O. The summed E-state index contributed by atoms with van der Waals surface area (Å²) in [7, 11) is -5.82. The molecule has 25 heavy (non-hydrogen) atoms. The quantitative estimate of drug-likeness (QED) is 0.344. The van der Waals surface area contributed by atoms with Gasteiger partial charge >= 0.3 is 15.6 Å². The number of aliphatic hydroxyl groups excluding tert-OH is 1. The molecular weight excluding hydrogens is 369 g/mol. The molecule has 0 saturated carbocycles. The third kappa shape index (κ3) is 6.65. The molecule has 11 heteroatoms. The van der Waals surface area contributed by atoms with Gasteiger partial charge in [-0.05, 0) is 12.8 Å². The molecule has 0 aromatic carbocycles. The molecule has 150 valence electrons. The Morgan fingerprint density at radius 3 is 2.08 bits per heavy atom. The maximum absolute atomic E-state index is 12.6. The van der Waals surface area contributed by atoms with Gasteiger partial charge in [-0.25, -0.2) is 0 Å². The van der Waals surface area contributed by atoms with Crippen LogP contribution in [0.2, 0.25) is 0 Å². The van der Waals surface area contributed by atoms with Gasteiger partial charge < -0.3 is 19.3 Å².